The molecule has 33 heavy (non-hydrogen) atoms. The second-order valence-electron chi connectivity index (χ2n) is 7.67. The standard InChI is InChI=1S/C25H20Cl2N2O4/c1-14-4-3-5-16(10-14)21-20(22(30)18-11-17(26)12-19(27)24(18)33-2)23(31)25(32)29(21)13-15-6-8-28-9-7-15/h3-12,21,30H,13H2,1-2H3/b22-20+. The molecular weight excluding hydrogens is 463 g/mol. The van der Waals surface area contributed by atoms with Gasteiger partial charge in [0.2, 0.25) is 0 Å². The van der Waals surface area contributed by atoms with Gasteiger partial charge in [-0.05, 0) is 42.3 Å². The third kappa shape index (κ3) is 4.32. The van der Waals surface area contributed by atoms with Crippen molar-refractivity contribution >= 4 is 40.7 Å². The maximum Gasteiger partial charge on any atom is 0.295 e. The van der Waals surface area contributed by atoms with E-state index < -0.39 is 23.5 Å². The van der Waals surface area contributed by atoms with Gasteiger partial charge in [-0.25, -0.2) is 0 Å². The molecule has 0 aliphatic carbocycles. The molecule has 168 valence electrons. The average Bonchev–Trinajstić information content (AvgIpc) is 3.04. The molecule has 2 aromatic carbocycles. The number of carbonyl (C=O) groups is 2. The number of ether oxygens (including phenoxy) is 1. The largest absolute Gasteiger partial charge is 0.507 e. The minimum absolute atomic E-state index is 0.0590. The third-order valence-electron chi connectivity index (χ3n) is 5.47. The Morgan fingerprint density at radius 3 is 2.52 bits per heavy atom. The van der Waals surface area contributed by atoms with Crippen molar-refractivity contribution in [1.82, 2.24) is 9.88 Å². The molecule has 1 N–H and O–H groups in total. The number of hydrogen-bond donors (Lipinski definition) is 1. The number of rotatable bonds is 5. The molecule has 0 spiro atoms. The number of benzene rings is 2. The Balaban J connectivity index is 1.94. The van der Waals surface area contributed by atoms with Crippen LogP contribution in [0.4, 0.5) is 0 Å². The second kappa shape index (κ2) is 9.25. The van der Waals surface area contributed by atoms with Gasteiger partial charge in [-0.1, -0.05) is 53.0 Å². The molecule has 1 aliphatic rings. The van der Waals surface area contributed by atoms with Crippen LogP contribution >= 0.6 is 23.2 Å². The number of carbonyl (C=O) groups excluding carboxylic acids is 2. The Kier molecular flexibility index (Phi) is 6.40. The summed E-state index contributed by atoms with van der Waals surface area (Å²) in [5.41, 5.74) is 2.51. The molecular formula is C25H20Cl2N2O4. The predicted octanol–water partition coefficient (Wildman–Crippen LogP) is 5.33. The summed E-state index contributed by atoms with van der Waals surface area (Å²) in [7, 11) is 1.39. The number of pyridine rings is 1. The first-order valence-corrected chi connectivity index (χ1v) is 10.8. The summed E-state index contributed by atoms with van der Waals surface area (Å²) in [6, 6.07) is 13.1. The molecule has 1 fully saturated rings. The van der Waals surface area contributed by atoms with Crippen molar-refractivity contribution in [3.05, 3.63) is 98.8 Å². The number of aromatic nitrogens is 1. The molecule has 4 rings (SSSR count). The van der Waals surface area contributed by atoms with Crippen LogP contribution in [0.5, 0.6) is 5.75 Å². The summed E-state index contributed by atoms with van der Waals surface area (Å²) in [4.78, 5) is 31.8. The summed E-state index contributed by atoms with van der Waals surface area (Å²) in [5, 5.41) is 11.7. The van der Waals surface area contributed by atoms with Crippen molar-refractivity contribution in [2.45, 2.75) is 19.5 Å². The van der Waals surface area contributed by atoms with E-state index in [-0.39, 0.29) is 33.5 Å². The van der Waals surface area contributed by atoms with E-state index in [2.05, 4.69) is 4.98 Å². The zero-order valence-corrected chi connectivity index (χ0v) is 19.4. The van der Waals surface area contributed by atoms with Crippen molar-refractivity contribution in [3.63, 3.8) is 0 Å². The highest BCUT2D eigenvalue weighted by Gasteiger charge is 2.46. The molecule has 6 nitrogen and oxygen atoms in total. The number of aliphatic hydroxyl groups is 1. The van der Waals surface area contributed by atoms with Crippen LogP contribution < -0.4 is 4.74 Å². The van der Waals surface area contributed by atoms with Crippen LogP contribution in [0, 0.1) is 6.92 Å². The fraction of sp³-hybridized carbons (Fsp3) is 0.160. The van der Waals surface area contributed by atoms with Crippen LogP contribution in [-0.2, 0) is 16.1 Å². The molecule has 1 unspecified atom stereocenters. The molecule has 1 aromatic heterocycles. The van der Waals surface area contributed by atoms with E-state index in [9.17, 15) is 14.7 Å². The summed E-state index contributed by atoms with van der Waals surface area (Å²) in [5.74, 6) is -1.77. The van der Waals surface area contributed by atoms with Gasteiger partial charge in [0.1, 0.15) is 11.5 Å². The van der Waals surface area contributed by atoms with Gasteiger partial charge in [-0.3, -0.25) is 14.6 Å². The van der Waals surface area contributed by atoms with Crippen LogP contribution in [0.15, 0.2) is 66.5 Å². The molecule has 1 atom stereocenters. The zero-order valence-electron chi connectivity index (χ0n) is 17.9. The van der Waals surface area contributed by atoms with Crippen LogP contribution in [0.1, 0.15) is 28.3 Å². The molecule has 8 heteroatoms. The van der Waals surface area contributed by atoms with Crippen LogP contribution in [-0.4, -0.2) is 33.8 Å². The summed E-state index contributed by atoms with van der Waals surface area (Å²) in [6.07, 6.45) is 3.23. The fourth-order valence-electron chi connectivity index (χ4n) is 4.00. The number of aryl methyl sites for hydroxylation is 1. The highest BCUT2D eigenvalue weighted by atomic mass is 35.5. The number of hydrogen-bond acceptors (Lipinski definition) is 5. The van der Waals surface area contributed by atoms with Gasteiger partial charge in [-0.2, -0.15) is 0 Å². The molecule has 0 bridgehead atoms. The van der Waals surface area contributed by atoms with E-state index >= 15 is 0 Å². The van der Waals surface area contributed by atoms with Gasteiger partial charge < -0.3 is 14.7 Å². The SMILES string of the molecule is COc1c(Cl)cc(Cl)cc1/C(O)=C1\C(=O)C(=O)N(Cc2ccncc2)C1c1cccc(C)c1. The lowest BCUT2D eigenvalue weighted by Gasteiger charge is -2.26. The van der Waals surface area contributed by atoms with E-state index in [0.717, 1.165) is 11.1 Å². The van der Waals surface area contributed by atoms with Gasteiger partial charge >= 0.3 is 0 Å². The number of likely N-dealkylation sites (tertiary alicyclic amines) is 1. The molecule has 2 heterocycles. The monoisotopic (exact) mass is 482 g/mol. The van der Waals surface area contributed by atoms with Crippen LogP contribution in [0.25, 0.3) is 5.76 Å². The predicted molar refractivity (Wildman–Crippen MR) is 126 cm³/mol. The van der Waals surface area contributed by atoms with Crippen molar-refractivity contribution in [3.8, 4) is 5.75 Å². The lowest BCUT2D eigenvalue weighted by molar-refractivity contribution is -0.140. The Morgan fingerprint density at radius 2 is 1.85 bits per heavy atom. The quantitative estimate of drug-likeness (QED) is 0.302. The topological polar surface area (TPSA) is 79.7 Å². The highest BCUT2D eigenvalue weighted by Crippen LogP contribution is 2.43. The normalized spacial score (nSPS) is 17.5. The van der Waals surface area contributed by atoms with E-state index in [1.165, 1.54) is 24.1 Å². The van der Waals surface area contributed by atoms with Crippen molar-refractivity contribution in [2.24, 2.45) is 0 Å². The number of amides is 1. The van der Waals surface area contributed by atoms with Crippen LogP contribution in [0.2, 0.25) is 10.0 Å². The number of methoxy groups -OCH3 is 1. The molecule has 1 amide bonds. The van der Waals surface area contributed by atoms with Gasteiger partial charge in [0.25, 0.3) is 11.7 Å². The van der Waals surface area contributed by atoms with Gasteiger partial charge in [0.15, 0.2) is 0 Å². The lowest BCUT2D eigenvalue weighted by Crippen LogP contribution is -2.29. The van der Waals surface area contributed by atoms with E-state index in [4.69, 9.17) is 27.9 Å². The van der Waals surface area contributed by atoms with E-state index in [1.807, 2.05) is 31.2 Å². The van der Waals surface area contributed by atoms with E-state index in [1.54, 1.807) is 24.5 Å². The number of nitrogens with zero attached hydrogens (tertiary/aromatic N) is 2. The number of ketones is 1. The summed E-state index contributed by atoms with van der Waals surface area (Å²) >= 11 is 12.4. The first-order valence-electron chi connectivity index (χ1n) is 10.1. The summed E-state index contributed by atoms with van der Waals surface area (Å²) < 4.78 is 5.35. The first-order chi connectivity index (χ1) is 15.8. The van der Waals surface area contributed by atoms with Crippen molar-refractivity contribution in [1.29, 1.82) is 0 Å². The Morgan fingerprint density at radius 1 is 1.12 bits per heavy atom. The number of aliphatic hydroxyl groups excluding tert-OH is 1. The number of Topliss-reactive ketones (excluding diaryl/α,β-unsaturated/α-hetero) is 1. The van der Waals surface area contributed by atoms with Crippen LogP contribution in [0.3, 0.4) is 0 Å². The number of halogens is 2. The van der Waals surface area contributed by atoms with Gasteiger partial charge in [0.05, 0.1) is 29.3 Å². The second-order valence-corrected chi connectivity index (χ2v) is 8.51. The smallest absolute Gasteiger partial charge is 0.295 e. The maximum absolute atomic E-state index is 13.2. The minimum atomic E-state index is -0.819. The highest BCUT2D eigenvalue weighted by molar-refractivity contribution is 6.46. The first kappa shape index (κ1) is 22.8. The molecule has 1 aliphatic heterocycles. The molecule has 0 saturated carbocycles. The van der Waals surface area contributed by atoms with Gasteiger partial charge in [-0.15, -0.1) is 0 Å². The fourth-order valence-corrected chi connectivity index (χ4v) is 4.57. The molecule has 0 radical (unpaired) electrons. The van der Waals surface area contributed by atoms with Gasteiger partial charge in [0, 0.05) is 24.0 Å². The zero-order chi connectivity index (χ0) is 23.7. The minimum Gasteiger partial charge on any atom is -0.507 e. The Bertz CT molecular complexity index is 1270. The average molecular weight is 483 g/mol. The molecule has 3 aromatic rings. The van der Waals surface area contributed by atoms with E-state index in [0.29, 0.717) is 5.56 Å². The lowest BCUT2D eigenvalue weighted by atomic mass is 9.94. The van der Waals surface area contributed by atoms with Crippen molar-refractivity contribution in [2.75, 3.05) is 7.11 Å². The maximum atomic E-state index is 13.2. The summed E-state index contributed by atoms with van der Waals surface area (Å²) in [6.45, 7) is 2.08. The Hall–Kier alpha value is -3.35. The third-order valence-corrected chi connectivity index (χ3v) is 5.97. The Labute approximate surface area is 201 Å². The molecule has 1 saturated heterocycles. The van der Waals surface area contributed by atoms with Crippen molar-refractivity contribution < 1.29 is 19.4 Å².